The number of nitrogens with two attached hydrogens (primary N) is 3. The molecule has 0 atom stereocenters. The van der Waals surface area contributed by atoms with Crippen molar-refractivity contribution in [3.8, 4) is 0 Å². The van der Waals surface area contributed by atoms with Gasteiger partial charge in [-0.05, 0) is 35.9 Å². The van der Waals surface area contributed by atoms with Crippen LogP contribution in [0.3, 0.4) is 0 Å². The summed E-state index contributed by atoms with van der Waals surface area (Å²) in [5, 5.41) is 5.08. The first-order chi connectivity index (χ1) is 11.3. The molecule has 0 saturated heterocycles. The number of hydrogen-bond donors (Lipinski definition) is 3. The third kappa shape index (κ3) is 2.94. The van der Waals surface area contributed by atoms with Crippen LogP contribution in [0.5, 0.6) is 0 Å². The van der Waals surface area contributed by atoms with E-state index in [1.165, 1.54) is 12.1 Å². The number of imidazole rings is 1. The maximum atomic E-state index is 11.3. The van der Waals surface area contributed by atoms with Crippen LogP contribution in [-0.2, 0) is 16.6 Å². The number of sulfonamides is 1. The molecule has 0 aliphatic heterocycles. The first kappa shape index (κ1) is 16.0. The van der Waals surface area contributed by atoms with Crippen molar-refractivity contribution in [3.05, 3.63) is 53.6 Å². The zero-order valence-corrected chi connectivity index (χ0v) is 13.3. The third-order valence-corrected chi connectivity index (χ3v) is 4.58. The highest BCUT2D eigenvalue weighted by Crippen LogP contribution is 2.21. The number of primary sulfonamides is 1. The van der Waals surface area contributed by atoms with Crippen LogP contribution in [0, 0.1) is 0 Å². The summed E-state index contributed by atoms with van der Waals surface area (Å²) in [6.07, 6.45) is 0. The fourth-order valence-electron chi connectivity index (χ4n) is 2.43. The van der Waals surface area contributed by atoms with Crippen molar-refractivity contribution in [2.24, 2.45) is 10.9 Å². The molecule has 0 fully saturated rings. The lowest BCUT2D eigenvalue weighted by Gasteiger charge is -2.07. The van der Waals surface area contributed by atoms with Crippen LogP contribution in [0.15, 0.2) is 47.4 Å². The molecule has 3 rings (SSSR count). The maximum Gasteiger partial charge on any atom is 0.248 e. The Morgan fingerprint density at radius 2 is 1.79 bits per heavy atom. The second kappa shape index (κ2) is 5.62. The highest BCUT2D eigenvalue weighted by Gasteiger charge is 2.12. The molecule has 0 saturated carbocycles. The van der Waals surface area contributed by atoms with E-state index < -0.39 is 15.9 Å². The molecule has 0 bridgehead atoms. The highest BCUT2D eigenvalue weighted by atomic mass is 32.2. The van der Waals surface area contributed by atoms with Gasteiger partial charge in [-0.3, -0.25) is 4.79 Å². The summed E-state index contributed by atoms with van der Waals surface area (Å²) in [6, 6.07) is 11.1. The first-order valence-electron chi connectivity index (χ1n) is 6.93. The Bertz CT molecular complexity index is 1040. The van der Waals surface area contributed by atoms with Gasteiger partial charge >= 0.3 is 0 Å². The zero-order valence-electron chi connectivity index (χ0n) is 12.5. The van der Waals surface area contributed by atoms with Gasteiger partial charge in [-0.1, -0.05) is 12.1 Å². The Labute approximate surface area is 137 Å². The monoisotopic (exact) mass is 345 g/mol. The number of fused-ring (bicyclic) bond motifs is 1. The van der Waals surface area contributed by atoms with Crippen LogP contribution in [0.25, 0.3) is 11.0 Å². The molecule has 6 N–H and O–H groups in total. The largest absolute Gasteiger partial charge is 0.369 e. The molecule has 1 heterocycles. The van der Waals surface area contributed by atoms with E-state index in [0.29, 0.717) is 17.6 Å². The maximum absolute atomic E-state index is 11.3. The van der Waals surface area contributed by atoms with Gasteiger partial charge in [-0.2, -0.15) is 0 Å². The molecule has 24 heavy (non-hydrogen) atoms. The smallest absolute Gasteiger partial charge is 0.248 e. The number of benzene rings is 2. The Morgan fingerprint density at radius 1 is 1.12 bits per heavy atom. The topological polar surface area (TPSA) is 147 Å². The van der Waals surface area contributed by atoms with E-state index in [2.05, 4.69) is 4.98 Å². The van der Waals surface area contributed by atoms with Crippen molar-refractivity contribution in [3.63, 3.8) is 0 Å². The Balaban J connectivity index is 1.98. The summed E-state index contributed by atoms with van der Waals surface area (Å²) in [4.78, 5) is 15.5. The second-order valence-corrected chi connectivity index (χ2v) is 6.87. The lowest BCUT2D eigenvalue weighted by Crippen LogP contribution is -2.12. The molecule has 0 aliphatic rings. The molecule has 1 aromatic heterocycles. The van der Waals surface area contributed by atoms with Gasteiger partial charge in [0.1, 0.15) is 0 Å². The number of primary amides is 1. The van der Waals surface area contributed by atoms with Crippen molar-refractivity contribution in [2.45, 2.75) is 11.4 Å². The predicted molar refractivity (Wildman–Crippen MR) is 89.6 cm³/mol. The highest BCUT2D eigenvalue weighted by molar-refractivity contribution is 7.89. The summed E-state index contributed by atoms with van der Waals surface area (Å²) in [5.74, 6) is -0.259. The number of nitrogens with zero attached hydrogens (tertiary/aromatic N) is 2. The first-order valence-corrected chi connectivity index (χ1v) is 8.47. The fraction of sp³-hybridized carbons (Fsp3) is 0.0667. The van der Waals surface area contributed by atoms with Crippen LogP contribution in [0.1, 0.15) is 15.9 Å². The number of rotatable bonds is 4. The number of amides is 1. The van der Waals surface area contributed by atoms with Crippen molar-refractivity contribution in [1.82, 2.24) is 9.55 Å². The van der Waals surface area contributed by atoms with Gasteiger partial charge < -0.3 is 16.0 Å². The normalized spacial score (nSPS) is 11.7. The molecule has 0 unspecified atom stereocenters. The van der Waals surface area contributed by atoms with Gasteiger partial charge in [-0.25, -0.2) is 18.5 Å². The zero-order chi connectivity index (χ0) is 17.5. The van der Waals surface area contributed by atoms with Gasteiger partial charge in [-0.15, -0.1) is 0 Å². The second-order valence-electron chi connectivity index (χ2n) is 5.31. The molecule has 0 spiro atoms. The van der Waals surface area contributed by atoms with Gasteiger partial charge in [0, 0.05) is 5.56 Å². The molecular weight excluding hydrogens is 330 g/mol. The summed E-state index contributed by atoms with van der Waals surface area (Å²) >= 11 is 0. The molecule has 8 nitrogen and oxygen atoms in total. The fourth-order valence-corrected chi connectivity index (χ4v) is 2.95. The number of carbonyl (C=O) groups is 1. The van der Waals surface area contributed by atoms with Gasteiger partial charge in [0.15, 0.2) is 0 Å². The van der Waals surface area contributed by atoms with Crippen molar-refractivity contribution in [2.75, 3.05) is 5.73 Å². The predicted octanol–water partition coefficient (Wildman–Crippen LogP) is 0.413. The van der Waals surface area contributed by atoms with Gasteiger partial charge in [0.2, 0.25) is 21.9 Å². The molecule has 1 amide bonds. The summed E-state index contributed by atoms with van der Waals surface area (Å²) < 4.78 is 24.3. The standard InChI is InChI=1S/C15H15N5O3S/c16-14(21)10-3-6-13-12(7-10)19-15(17)20(13)8-9-1-4-11(5-2-9)24(18,22)23/h1-7H,8H2,(H2,16,21)(H2,17,19)(H2,18,22,23). The molecule has 2 aromatic carbocycles. The van der Waals surface area contributed by atoms with E-state index in [9.17, 15) is 13.2 Å². The SMILES string of the molecule is NC(=O)c1ccc2c(c1)nc(N)n2Cc1ccc(S(N)(=O)=O)cc1. The van der Waals surface area contributed by atoms with E-state index in [1.807, 2.05) is 0 Å². The van der Waals surface area contributed by atoms with Crippen LogP contribution in [0.2, 0.25) is 0 Å². The Morgan fingerprint density at radius 3 is 2.38 bits per heavy atom. The van der Waals surface area contributed by atoms with E-state index in [0.717, 1.165) is 11.1 Å². The van der Waals surface area contributed by atoms with Crippen LogP contribution < -0.4 is 16.6 Å². The lowest BCUT2D eigenvalue weighted by molar-refractivity contribution is 0.100. The molecule has 3 aromatic rings. The Kier molecular flexibility index (Phi) is 3.74. The minimum atomic E-state index is -3.72. The van der Waals surface area contributed by atoms with Gasteiger partial charge in [0.05, 0.1) is 22.5 Å². The number of nitrogen functional groups attached to an aromatic ring is 1. The van der Waals surface area contributed by atoms with Crippen LogP contribution in [-0.4, -0.2) is 23.9 Å². The molecule has 0 radical (unpaired) electrons. The minimum Gasteiger partial charge on any atom is -0.369 e. The third-order valence-electron chi connectivity index (χ3n) is 3.65. The number of hydrogen-bond acceptors (Lipinski definition) is 5. The van der Waals surface area contributed by atoms with Crippen LogP contribution in [0.4, 0.5) is 5.95 Å². The van der Waals surface area contributed by atoms with E-state index in [-0.39, 0.29) is 10.8 Å². The lowest BCUT2D eigenvalue weighted by atomic mass is 10.2. The number of aromatic nitrogens is 2. The van der Waals surface area contributed by atoms with Crippen molar-refractivity contribution in [1.29, 1.82) is 0 Å². The minimum absolute atomic E-state index is 0.0424. The average Bonchev–Trinajstić information content (AvgIpc) is 2.82. The molecule has 0 aliphatic carbocycles. The van der Waals surface area contributed by atoms with E-state index >= 15 is 0 Å². The van der Waals surface area contributed by atoms with Crippen molar-refractivity contribution >= 4 is 32.9 Å². The van der Waals surface area contributed by atoms with Crippen LogP contribution >= 0.6 is 0 Å². The molecular formula is C15H15N5O3S. The summed E-state index contributed by atoms with van der Waals surface area (Å²) in [7, 11) is -3.72. The Hall–Kier alpha value is -2.91. The average molecular weight is 345 g/mol. The summed E-state index contributed by atoms with van der Waals surface area (Å²) in [5.41, 5.74) is 13.7. The van der Waals surface area contributed by atoms with Crippen molar-refractivity contribution < 1.29 is 13.2 Å². The van der Waals surface area contributed by atoms with E-state index in [4.69, 9.17) is 16.6 Å². The van der Waals surface area contributed by atoms with E-state index in [1.54, 1.807) is 34.9 Å². The van der Waals surface area contributed by atoms with Gasteiger partial charge in [0.25, 0.3) is 0 Å². The number of carbonyl (C=O) groups excluding carboxylic acids is 1. The molecule has 124 valence electrons. The molecule has 9 heteroatoms. The summed E-state index contributed by atoms with van der Waals surface area (Å²) in [6.45, 7) is 0.392. The quantitative estimate of drug-likeness (QED) is 0.626. The number of anilines is 1.